The van der Waals surface area contributed by atoms with Crippen LogP contribution in [0, 0.1) is 6.92 Å². The predicted octanol–water partition coefficient (Wildman–Crippen LogP) is 3.97. The number of anilines is 2. The molecule has 1 aromatic carbocycles. The van der Waals surface area contributed by atoms with Crippen LogP contribution in [-0.2, 0) is 13.0 Å². The zero-order valence-electron chi connectivity index (χ0n) is 14.0. The van der Waals surface area contributed by atoms with Crippen LogP contribution < -0.4 is 10.9 Å². The van der Waals surface area contributed by atoms with E-state index < -0.39 is 0 Å². The molecule has 1 aliphatic heterocycles. The molecule has 5 rings (SSSR count). The highest BCUT2D eigenvalue weighted by atomic mass is 32.1. The molecule has 0 atom stereocenters. The van der Waals surface area contributed by atoms with Gasteiger partial charge in [-0.05, 0) is 31.0 Å². The Balaban J connectivity index is 1.57. The van der Waals surface area contributed by atoms with Gasteiger partial charge in [-0.25, -0.2) is 4.98 Å². The van der Waals surface area contributed by atoms with E-state index in [1.165, 1.54) is 22.7 Å². The average molecular weight is 381 g/mol. The van der Waals surface area contributed by atoms with Crippen LogP contribution in [0.5, 0.6) is 0 Å². The molecule has 0 aliphatic carbocycles. The SMILES string of the molecule is Cc1c(-c2nnc(Nc3ccccc3)s2)sc2nc3n(c(=O)c12)CCC3. The highest BCUT2D eigenvalue weighted by Crippen LogP contribution is 2.39. The monoisotopic (exact) mass is 381 g/mol. The molecule has 6 nitrogen and oxygen atoms in total. The lowest BCUT2D eigenvalue weighted by molar-refractivity contribution is 0.719. The standard InChI is InChI=1S/C18H15N5OS2/c1-10-13-15(20-12-8-5-9-23(12)17(13)24)25-14(10)16-21-22-18(26-16)19-11-6-3-2-4-7-11/h2-4,6-7H,5,8-9H2,1H3,(H,19,22). The van der Waals surface area contributed by atoms with Gasteiger partial charge in [0.25, 0.3) is 5.56 Å². The zero-order valence-corrected chi connectivity index (χ0v) is 15.7. The Kier molecular flexibility index (Phi) is 3.61. The first kappa shape index (κ1) is 15.7. The second-order valence-corrected chi connectivity index (χ2v) is 8.20. The number of para-hydroxylation sites is 1. The van der Waals surface area contributed by atoms with E-state index in [1.54, 1.807) is 0 Å². The van der Waals surface area contributed by atoms with Gasteiger partial charge in [-0.15, -0.1) is 21.5 Å². The van der Waals surface area contributed by atoms with Crippen molar-refractivity contribution in [2.75, 3.05) is 5.32 Å². The number of nitrogens with one attached hydrogen (secondary N) is 1. The van der Waals surface area contributed by atoms with Gasteiger partial charge in [0, 0.05) is 18.7 Å². The summed E-state index contributed by atoms with van der Waals surface area (Å²) in [6.45, 7) is 2.75. The fourth-order valence-corrected chi connectivity index (χ4v) is 5.37. The number of rotatable bonds is 3. The van der Waals surface area contributed by atoms with Gasteiger partial charge in [0.2, 0.25) is 5.13 Å². The molecule has 0 unspecified atom stereocenters. The molecule has 130 valence electrons. The second-order valence-electron chi connectivity index (χ2n) is 6.23. The Morgan fingerprint density at radius 2 is 2.00 bits per heavy atom. The lowest BCUT2D eigenvalue weighted by Gasteiger charge is -2.01. The molecule has 3 aromatic heterocycles. The molecule has 1 aliphatic rings. The van der Waals surface area contributed by atoms with Crippen LogP contribution >= 0.6 is 22.7 Å². The van der Waals surface area contributed by atoms with Crippen LogP contribution in [0.3, 0.4) is 0 Å². The van der Waals surface area contributed by atoms with Gasteiger partial charge in [-0.3, -0.25) is 9.36 Å². The van der Waals surface area contributed by atoms with Crippen molar-refractivity contribution >= 4 is 43.7 Å². The lowest BCUT2D eigenvalue weighted by atomic mass is 10.2. The normalized spacial score (nSPS) is 13.3. The van der Waals surface area contributed by atoms with Crippen molar-refractivity contribution in [3.63, 3.8) is 0 Å². The third kappa shape index (κ3) is 2.45. The van der Waals surface area contributed by atoms with Gasteiger partial charge in [-0.2, -0.15) is 0 Å². The highest BCUT2D eigenvalue weighted by molar-refractivity contribution is 7.26. The zero-order chi connectivity index (χ0) is 17.7. The quantitative estimate of drug-likeness (QED) is 0.581. The van der Waals surface area contributed by atoms with Crippen molar-refractivity contribution in [1.82, 2.24) is 19.7 Å². The van der Waals surface area contributed by atoms with E-state index in [-0.39, 0.29) is 5.56 Å². The summed E-state index contributed by atoms with van der Waals surface area (Å²) in [4.78, 5) is 19.3. The summed E-state index contributed by atoms with van der Waals surface area (Å²) < 4.78 is 1.81. The van der Waals surface area contributed by atoms with Gasteiger partial charge in [0.15, 0.2) is 5.01 Å². The molecule has 8 heteroatoms. The summed E-state index contributed by atoms with van der Waals surface area (Å²) in [6.07, 6.45) is 1.87. The molecule has 0 amide bonds. The van der Waals surface area contributed by atoms with Crippen molar-refractivity contribution in [3.05, 3.63) is 52.1 Å². The Hall–Kier alpha value is -2.58. The van der Waals surface area contributed by atoms with E-state index in [0.717, 1.165) is 61.7 Å². The molecule has 0 radical (unpaired) electrons. The van der Waals surface area contributed by atoms with E-state index in [4.69, 9.17) is 4.98 Å². The largest absolute Gasteiger partial charge is 0.330 e. The average Bonchev–Trinajstić information content (AvgIpc) is 3.35. The summed E-state index contributed by atoms with van der Waals surface area (Å²) >= 11 is 3.02. The highest BCUT2D eigenvalue weighted by Gasteiger charge is 2.22. The van der Waals surface area contributed by atoms with Crippen molar-refractivity contribution in [1.29, 1.82) is 0 Å². The first-order chi connectivity index (χ1) is 12.7. The molecule has 4 aromatic rings. The van der Waals surface area contributed by atoms with E-state index in [0.29, 0.717) is 0 Å². The van der Waals surface area contributed by atoms with E-state index >= 15 is 0 Å². The van der Waals surface area contributed by atoms with Crippen LogP contribution in [-0.4, -0.2) is 19.7 Å². The number of thiophene rings is 1. The number of hydrogen-bond acceptors (Lipinski definition) is 7. The summed E-state index contributed by atoms with van der Waals surface area (Å²) in [6, 6.07) is 9.88. The fourth-order valence-electron chi connectivity index (χ4n) is 3.29. The van der Waals surface area contributed by atoms with E-state index in [1.807, 2.05) is 41.8 Å². The van der Waals surface area contributed by atoms with Crippen LogP contribution in [0.4, 0.5) is 10.8 Å². The van der Waals surface area contributed by atoms with Crippen LogP contribution in [0.1, 0.15) is 17.8 Å². The Morgan fingerprint density at radius 3 is 2.85 bits per heavy atom. The molecule has 4 heterocycles. The summed E-state index contributed by atoms with van der Waals surface area (Å²) in [5.74, 6) is 0.902. The minimum Gasteiger partial charge on any atom is -0.330 e. The fraction of sp³-hybridized carbons (Fsp3) is 0.222. The van der Waals surface area contributed by atoms with Gasteiger partial charge in [-0.1, -0.05) is 29.5 Å². The predicted molar refractivity (Wildman–Crippen MR) is 106 cm³/mol. The minimum absolute atomic E-state index is 0.0784. The number of hydrogen-bond donors (Lipinski definition) is 1. The van der Waals surface area contributed by atoms with Crippen molar-refractivity contribution < 1.29 is 0 Å². The van der Waals surface area contributed by atoms with E-state index in [2.05, 4.69) is 15.5 Å². The first-order valence-electron chi connectivity index (χ1n) is 8.39. The van der Waals surface area contributed by atoms with Crippen molar-refractivity contribution in [2.45, 2.75) is 26.3 Å². The maximum atomic E-state index is 12.8. The molecular weight excluding hydrogens is 366 g/mol. The van der Waals surface area contributed by atoms with Crippen molar-refractivity contribution in [2.24, 2.45) is 0 Å². The molecule has 0 bridgehead atoms. The molecule has 0 spiro atoms. The Morgan fingerprint density at radius 1 is 1.15 bits per heavy atom. The maximum Gasteiger partial charge on any atom is 0.262 e. The number of nitrogens with zero attached hydrogens (tertiary/aromatic N) is 4. The topological polar surface area (TPSA) is 72.7 Å². The van der Waals surface area contributed by atoms with Crippen molar-refractivity contribution in [3.8, 4) is 9.88 Å². The molecule has 1 N–H and O–H groups in total. The maximum absolute atomic E-state index is 12.8. The van der Waals surface area contributed by atoms with Gasteiger partial charge < -0.3 is 5.32 Å². The molecule has 0 saturated heterocycles. The first-order valence-corrected chi connectivity index (χ1v) is 10.0. The smallest absolute Gasteiger partial charge is 0.262 e. The number of fused-ring (bicyclic) bond motifs is 2. The number of aromatic nitrogens is 4. The minimum atomic E-state index is 0.0784. The number of aryl methyl sites for hydroxylation is 2. The number of benzene rings is 1. The molecular formula is C18H15N5OS2. The third-order valence-electron chi connectivity index (χ3n) is 4.56. The Labute approximate surface area is 157 Å². The Bertz CT molecular complexity index is 1180. The van der Waals surface area contributed by atoms with Crippen LogP contribution in [0.2, 0.25) is 0 Å². The third-order valence-corrected chi connectivity index (χ3v) is 6.73. The molecule has 0 saturated carbocycles. The summed E-state index contributed by atoms with van der Waals surface area (Å²) in [7, 11) is 0. The second kappa shape index (κ2) is 6.00. The summed E-state index contributed by atoms with van der Waals surface area (Å²) in [5, 5.41) is 14.1. The van der Waals surface area contributed by atoms with Gasteiger partial charge in [0.05, 0.1) is 10.3 Å². The molecule has 26 heavy (non-hydrogen) atoms. The van der Waals surface area contributed by atoms with Crippen LogP contribution in [0.15, 0.2) is 35.1 Å². The molecule has 0 fully saturated rings. The van der Waals surface area contributed by atoms with Gasteiger partial charge >= 0.3 is 0 Å². The van der Waals surface area contributed by atoms with E-state index in [9.17, 15) is 4.79 Å². The van der Waals surface area contributed by atoms with Gasteiger partial charge in [0.1, 0.15) is 10.7 Å². The lowest BCUT2D eigenvalue weighted by Crippen LogP contribution is -2.20. The van der Waals surface area contributed by atoms with Crippen LogP contribution in [0.25, 0.3) is 20.1 Å². The summed E-state index contributed by atoms with van der Waals surface area (Å²) in [5.41, 5.74) is 2.00.